The van der Waals surface area contributed by atoms with Gasteiger partial charge in [-0.3, -0.25) is 4.79 Å². The van der Waals surface area contributed by atoms with E-state index >= 15 is 0 Å². The third-order valence-electron chi connectivity index (χ3n) is 3.17. The molecule has 5 heteroatoms. The highest BCUT2D eigenvalue weighted by Crippen LogP contribution is 2.21. The number of carbonyl (C=O) groups is 1. The number of aromatic amines is 1. The molecule has 4 nitrogen and oxygen atoms in total. The molecule has 0 aliphatic carbocycles. The molecule has 2 aromatic heterocycles. The van der Waals surface area contributed by atoms with Crippen molar-refractivity contribution in [1.29, 1.82) is 0 Å². The number of amides is 1. The Bertz CT molecular complexity index is 772. The number of fused-ring (bicyclic) bond motifs is 1. The number of anilines is 1. The average molecular weight is 285 g/mol. The van der Waals surface area contributed by atoms with Crippen LogP contribution in [0.5, 0.6) is 0 Å². The number of carbonyl (C=O) groups excluding carboxylic acids is 1. The zero-order valence-electron chi connectivity index (χ0n) is 11.1. The zero-order chi connectivity index (χ0) is 14.1. The zero-order valence-corrected chi connectivity index (χ0v) is 11.9. The smallest absolute Gasteiger partial charge is 0.253 e. The molecule has 0 aliphatic rings. The summed E-state index contributed by atoms with van der Waals surface area (Å²) in [6.45, 7) is 2.60. The predicted molar refractivity (Wildman–Crippen MR) is 82.9 cm³/mol. The summed E-state index contributed by atoms with van der Waals surface area (Å²) in [6.07, 6.45) is 1.72. The summed E-state index contributed by atoms with van der Waals surface area (Å²) >= 11 is 1.69. The lowest BCUT2D eigenvalue weighted by Crippen LogP contribution is -2.21. The molecule has 0 unspecified atom stereocenters. The molecule has 2 heterocycles. The Balaban J connectivity index is 1.80. The van der Waals surface area contributed by atoms with Crippen LogP contribution in [0.3, 0.4) is 0 Å². The highest BCUT2D eigenvalue weighted by Gasteiger charge is 2.12. The van der Waals surface area contributed by atoms with Gasteiger partial charge in [0.1, 0.15) is 0 Å². The minimum atomic E-state index is -0.0899. The van der Waals surface area contributed by atoms with Gasteiger partial charge in [-0.2, -0.15) is 0 Å². The van der Waals surface area contributed by atoms with Gasteiger partial charge < -0.3 is 16.0 Å². The molecule has 1 aromatic carbocycles. The maximum absolute atomic E-state index is 12.2. The number of H-pyrrole nitrogens is 1. The number of aryl methyl sites for hydroxylation is 1. The summed E-state index contributed by atoms with van der Waals surface area (Å²) in [5, 5.41) is 3.79. The van der Waals surface area contributed by atoms with E-state index in [-0.39, 0.29) is 5.91 Å². The van der Waals surface area contributed by atoms with E-state index in [2.05, 4.69) is 23.3 Å². The molecule has 1 amide bonds. The van der Waals surface area contributed by atoms with Gasteiger partial charge in [0.25, 0.3) is 5.91 Å². The van der Waals surface area contributed by atoms with Gasteiger partial charge >= 0.3 is 0 Å². The van der Waals surface area contributed by atoms with Gasteiger partial charge in [-0.05, 0) is 37.3 Å². The maximum Gasteiger partial charge on any atom is 0.253 e. The van der Waals surface area contributed by atoms with Crippen LogP contribution in [0.15, 0.2) is 36.5 Å². The van der Waals surface area contributed by atoms with E-state index in [4.69, 9.17) is 5.73 Å². The SMILES string of the molecule is Cc1ccc(CNC(=O)c2c[nH]c3ccc(N)cc23)s1. The van der Waals surface area contributed by atoms with Gasteiger partial charge in [0.15, 0.2) is 0 Å². The first-order chi connectivity index (χ1) is 9.63. The van der Waals surface area contributed by atoms with Crippen molar-refractivity contribution in [3.63, 3.8) is 0 Å². The van der Waals surface area contributed by atoms with Crippen LogP contribution in [0.4, 0.5) is 5.69 Å². The Hall–Kier alpha value is -2.27. The first-order valence-electron chi connectivity index (χ1n) is 6.33. The minimum absolute atomic E-state index is 0.0899. The van der Waals surface area contributed by atoms with Crippen molar-refractivity contribution in [2.24, 2.45) is 0 Å². The van der Waals surface area contributed by atoms with Gasteiger partial charge in [-0.15, -0.1) is 11.3 Å². The second-order valence-corrected chi connectivity index (χ2v) is 6.07. The molecule has 3 aromatic rings. The molecule has 4 N–H and O–H groups in total. The molecular formula is C15H15N3OS. The van der Waals surface area contributed by atoms with E-state index in [0.29, 0.717) is 17.8 Å². The largest absolute Gasteiger partial charge is 0.399 e. The number of hydrogen-bond donors (Lipinski definition) is 3. The van der Waals surface area contributed by atoms with Crippen molar-refractivity contribution in [1.82, 2.24) is 10.3 Å². The number of thiophene rings is 1. The molecule has 0 radical (unpaired) electrons. The van der Waals surface area contributed by atoms with Crippen LogP contribution in [0.2, 0.25) is 0 Å². The van der Waals surface area contributed by atoms with Crippen LogP contribution in [0.1, 0.15) is 20.1 Å². The monoisotopic (exact) mass is 285 g/mol. The molecule has 0 bridgehead atoms. The quantitative estimate of drug-likeness (QED) is 0.647. The van der Waals surface area contributed by atoms with Gasteiger partial charge in [0.2, 0.25) is 0 Å². The molecule has 20 heavy (non-hydrogen) atoms. The highest BCUT2D eigenvalue weighted by atomic mass is 32.1. The van der Waals surface area contributed by atoms with Gasteiger partial charge in [-0.1, -0.05) is 0 Å². The van der Waals surface area contributed by atoms with E-state index in [0.717, 1.165) is 15.8 Å². The van der Waals surface area contributed by atoms with E-state index in [1.807, 2.05) is 24.3 Å². The number of rotatable bonds is 3. The molecule has 0 aliphatic heterocycles. The normalized spacial score (nSPS) is 10.8. The first-order valence-corrected chi connectivity index (χ1v) is 7.15. The van der Waals surface area contributed by atoms with Crippen LogP contribution in [0.25, 0.3) is 10.9 Å². The number of hydrogen-bond acceptors (Lipinski definition) is 3. The van der Waals surface area contributed by atoms with Gasteiger partial charge in [-0.25, -0.2) is 0 Å². The number of nitrogens with two attached hydrogens (primary N) is 1. The number of aromatic nitrogens is 1. The Labute approximate surface area is 120 Å². The number of nitrogen functional groups attached to an aromatic ring is 1. The summed E-state index contributed by atoms with van der Waals surface area (Å²) in [5.41, 5.74) is 7.97. The fraction of sp³-hybridized carbons (Fsp3) is 0.133. The predicted octanol–water partition coefficient (Wildman–Crippen LogP) is 3.05. The first kappa shape index (κ1) is 12.7. The molecule has 0 spiro atoms. The Morgan fingerprint density at radius 2 is 2.20 bits per heavy atom. The van der Waals surface area contributed by atoms with Crippen molar-refractivity contribution >= 4 is 33.8 Å². The summed E-state index contributed by atoms with van der Waals surface area (Å²) in [6, 6.07) is 9.60. The summed E-state index contributed by atoms with van der Waals surface area (Å²) in [7, 11) is 0. The Morgan fingerprint density at radius 1 is 1.35 bits per heavy atom. The Morgan fingerprint density at radius 3 is 2.95 bits per heavy atom. The van der Waals surface area contributed by atoms with Crippen molar-refractivity contribution < 1.29 is 4.79 Å². The van der Waals surface area contributed by atoms with Crippen LogP contribution >= 0.6 is 11.3 Å². The van der Waals surface area contributed by atoms with Crippen LogP contribution < -0.4 is 11.1 Å². The lowest BCUT2D eigenvalue weighted by Gasteiger charge is -2.03. The molecule has 0 fully saturated rings. The van der Waals surface area contributed by atoms with Crippen molar-refractivity contribution in [2.75, 3.05) is 5.73 Å². The molecule has 3 rings (SSSR count). The topological polar surface area (TPSA) is 70.9 Å². The lowest BCUT2D eigenvalue weighted by atomic mass is 10.1. The average Bonchev–Trinajstić information content (AvgIpc) is 3.02. The molecule has 0 saturated carbocycles. The third-order valence-corrected chi connectivity index (χ3v) is 4.17. The highest BCUT2D eigenvalue weighted by molar-refractivity contribution is 7.11. The van der Waals surface area contributed by atoms with E-state index in [1.165, 1.54) is 4.88 Å². The van der Waals surface area contributed by atoms with Crippen molar-refractivity contribution in [3.8, 4) is 0 Å². The van der Waals surface area contributed by atoms with Crippen LogP contribution in [-0.2, 0) is 6.54 Å². The van der Waals surface area contributed by atoms with Gasteiger partial charge in [0, 0.05) is 32.5 Å². The molecule has 0 atom stereocenters. The van der Waals surface area contributed by atoms with Crippen LogP contribution in [0, 0.1) is 6.92 Å². The van der Waals surface area contributed by atoms with Crippen molar-refractivity contribution in [2.45, 2.75) is 13.5 Å². The number of benzene rings is 1. The fourth-order valence-electron chi connectivity index (χ4n) is 2.17. The van der Waals surface area contributed by atoms with E-state index < -0.39 is 0 Å². The molecule has 102 valence electrons. The summed E-state index contributed by atoms with van der Waals surface area (Å²) < 4.78 is 0. The fourth-order valence-corrected chi connectivity index (χ4v) is 3.00. The minimum Gasteiger partial charge on any atom is -0.399 e. The van der Waals surface area contributed by atoms with E-state index in [9.17, 15) is 4.79 Å². The second kappa shape index (κ2) is 5.02. The standard InChI is InChI=1S/C15H15N3OS/c1-9-2-4-11(20-9)7-18-15(19)13-8-17-14-5-3-10(16)6-12(13)14/h2-6,8,17H,7,16H2,1H3,(H,18,19). The second-order valence-electron chi connectivity index (χ2n) is 4.70. The summed E-state index contributed by atoms with van der Waals surface area (Å²) in [4.78, 5) is 17.7. The number of nitrogens with one attached hydrogen (secondary N) is 2. The van der Waals surface area contributed by atoms with Crippen molar-refractivity contribution in [3.05, 3.63) is 51.8 Å². The molecular weight excluding hydrogens is 270 g/mol. The van der Waals surface area contributed by atoms with E-state index in [1.54, 1.807) is 17.5 Å². The molecule has 0 saturated heterocycles. The Kier molecular flexibility index (Phi) is 3.20. The van der Waals surface area contributed by atoms with Crippen LogP contribution in [-0.4, -0.2) is 10.9 Å². The van der Waals surface area contributed by atoms with Gasteiger partial charge in [0.05, 0.1) is 12.1 Å². The maximum atomic E-state index is 12.2. The lowest BCUT2D eigenvalue weighted by molar-refractivity contribution is 0.0953. The third kappa shape index (κ3) is 2.40. The summed E-state index contributed by atoms with van der Waals surface area (Å²) in [5.74, 6) is -0.0899.